The molecule has 3 aromatic heterocycles. The average molecular weight is 944 g/mol. The van der Waals surface area contributed by atoms with Gasteiger partial charge in [-0.15, -0.1) is 0 Å². The molecule has 0 spiro atoms. The van der Waals surface area contributed by atoms with Crippen molar-refractivity contribution in [3.05, 3.63) is 273 Å². The predicted octanol–water partition coefficient (Wildman–Crippen LogP) is 17.7. The Labute approximate surface area is 428 Å². The molecule has 0 unspecified atom stereocenters. The van der Waals surface area contributed by atoms with Gasteiger partial charge in [-0.1, -0.05) is 224 Å². The van der Waals surface area contributed by atoms with Gasteiger partial charge in [0, 0.05) is 43.9 Å². The van der Waals surface area contributed by atoms with E-state index in [0.717, 1.165) is 77.9 Å². The second-order valence-corrected chi connectivity index (χ2v) is 18.7. The van der Waals surface area contributed by atoms with Crippen molar-refractivity contribution in [2.45, 2.75) is 0 Å². The predicted molar refractivity (Wildman–Crippen MR) is 307 cm³/mol. The van der Waals surface area contributed by atoms with Crippen LogP contribution in [0.15, 0.2) is 273 Å². The zero-order chi connectivity index (χ0) is 49.0. The van der Waals surface area contributed by atoms with E-state index in [1.807, 2.05) is 12.1 Å². The molecule has 0 amide bonds. The summed E-state index contributed by atoms with van der Waals surface area (Å²) in [5, 5.41) is 4.77. The molecule has 3 heterocycles. The molecule has 74 heavy (non-hydrogen) atoms. The van der Waals surface area contributed by atoms with Gasteiger partial charge in [-0.05, 0) is 93.0 Å². The molecule has 0 bridgehead atoms. The number of fused-ring (bicyclic) bond motifs is 6. The third-order valence-electron chi connectivity index (χ3n) is 14.4. The van der Waals surface area contributed by atoms with Crippen LogP contribution in [-0.4, -0.2) is 24.1 Å². The summed E-state index contributed by atoms with van der Waals surface area (Å²) in [6, 6.07) is 97.1. The lowest BCUT2D eigenvalue weighted by Crippen LogP contribution is -2.03. The van der Waals surface area contributed by atoms with Gasteiger partial charge in [-0.25, -0.2) is 15.0 Å². The topological polar surface area (TPSA) is 48.5 Å². The molecule has 0 aliphatic heterocycles. The highest BCUT2D eigenvalue weighted by atomic mass is 15.1. The maximum absolute atomic E-state index is 5.38. The minimum absolute atomic E-state index is 0.587. The minimum Gasteiger partial charge on any atom is -0.309 e. The second kappa shape index (κ2) is 18.0. The molecule has 0 atom stereocenters. The molecule has 0 N–H and O–H groups in total. The van der Waals surface area contributed by atoms with E-state index in [2.05, 4.69) is 270 Å². The van der Waals surface area contributed by atoms with Crippen LogP contribution in [-0.2, 0) is 0 Å². The Morgan fingerprint density at radius 1 is 0.230 bits per heavy atom. The van der Waals surface area contributed by atoms with Crippen molar-refractivity contribution in [2.75, 3.05) is 0 Å². The summed E-state index contributed by atoms with van der Waals surface area (Å²) >= 11 is 0. The van der Waals surface area contributed by atoms with Crippen molar-refractivity contribution in [2.24, 2.45) is 0 Å². The van der Waals surface area contributed by atoms with Gasteiger partial charge >= 0.3 is 0 Å². The second-order valence-electron chi connectivity index (χ2n) is 18.7. The van der Waals surface area contributed by atoms with Crippen LogP contribution in [0.1, 0.15) is 0 Å². The normalized spacial score (nSPS) is 11.5. The van der Waals surface area contributed by atoms with E-state index < -0.39 is 0 Å². The van der Waals surface area contributed by atoms with Gasteiger partial charge in [0.1, 0.15) is 0 Å². The summed E-state index contributed by atoms with van der Waals surface area (Å²) in [5.74, 6) is 1.79. The van der Waals surface area contributed by atoms with E-state index in [0.29, 0.717) is 17.5 Å². The fourth-order valence-corrected chi connectivity index (χ4v) is 11.0. The summed E-state index contributed by atoms with van der Waals surface area (Å²) in [4.78, 5) is 16.0. The molecule has 5 heteroatoms. The van der Waals surface area contributed by atoms with Crippen LogP contribution in [0.5, 0.6) is 0 Å². The van der Waals surface area contributed by atoms with Crippen molar-refractivity contribution in [3.63, 3.8) is 0 Å². The molecule has 14 rings (SSSR count). The number of hydrogen-bond donors (Lipinski definition) is 0. The summed E-state index contributed by atoms with van der Waals surface area (Å²) in [6.45, 7) is 0. The molecule has 0 saturated heterocycles. The van der Waals surface area contributed by atoms with Crippen LogP contribution in [0.4, 0.5) is 0 Å². The molecule has 0 fully saturated rings. The molecule has 0 aliphatic carbocycles. The quantitative estimate of drug-likeness (QED) is 0.145. The third-order valence-corrected chi connectivity index (χ3v) is 14.4. The summed E-state index contributed by atoms with van der Waals surface area (Å²) in [6.07, 6.45) is 0. The van der Waals surface area contributed by atoms with Gasteiger partial charge in [-0.2, -0.15) is 0 Å². The van der Waals surface area contributed by atoms with Gasteiger partial charge in [0.25, 0.3) is 0 Å². The van der Waals surface area contributed by atoms with E-state index in [1.54, 1.807) is 0 Å². The number of para-hydroxylation sites is 3. The van der Waals surface area contributed by atoms with E-state index in [-0.39, 0.29) is 0 Å². The van der Waals surface area contributed by atoms with Crippen molar-refractivity contribution in [1.82, 2.24) is 24.1 Å². The first kappa shape index (κ1) is 42.9. The van der Waals surface area contributed by atoms with Gasteiger partial charge < -0.3 is 9.13 Å². The first-order valence-electron chi connectivity index (χ1n) is 25.1. The molecular formula is C69H45N5. The number of aromatic nitrogens is 5. The van der Waals surface area contributed by atoms with Gasteiger partial charge in [0.15, 0.2) is 17.5 Å². The Bertz CT molecular complexity index is 4270. The van der Waals surface area contributed by atoms with E-state index in [9.17, 15) is 0 Å². The van der Waals surface area contributed by atoms with Gasteiger partial charge in [0.2, 0.25) is 0 Å². The standard InChI is InChI=1S/C69H45N5/c1-5-19-46(20-6-1)49-35-39-51(40-36-49)67-70-68(52-41-37-50(38-42-52)47-21-7-2-8-22-47)72-69(71-67)59-28-14-16-32-61(59)74-63-34-18-30-56(66(63)58-44-43-53(45-64(58)74)48-23-9-3-10-24-48)55-29-17-33-62-65(55)57-27-13-15-31-60(57)73(62)54-25-11-4-12-26-54/h1-45H. The van der Waals surface area contributed by atoms with Crippen molar-refractivity contribution >= 4 is 43.6 Å². The monoisotopic (exact) mass is 943 g/mol. The molecule has 0 radical (unpaired) electrons. The minimum atomic E-state index is 0.587. The lowest BCUT2D eigenvalue weighted by molar-refractivity contribution is 1.06. The third kappa shape index (κ3) is 7.37. The molecular weight excluding hydrogens is 899 g/mol. The summed E-state index contributed by atoms with van der Waals surface area (Å²) in [5.41, 5.74) is 18.5. The zero-order valence-electron chi connectivity index (χ0n) is 40.2. The number of hydrogen-bond acceptors (Lipinski definition) is 3. The largest absolute Gasteiger partial charge is 0.309 e. The Morgan fingerprint density at radius 2 is 0.622 bits per heavy atom. The first-order valence-corrected chi connectivity index (χ1v) is 25.1. The highest BCUT2D eigenvalue weighted by molar-refractivity contribution is 6.22. The molecule has 11 aromatic carbocycles. The molecule has 5 nitrogen and oxygen atoms in total. The van der Waals surface area contributed by atoms with Crippen LogP contribution < -0.4 is 0 Å². The number of benzene rings is 11. The summed E-state index contributed by atoms with van der Waals surface area (Å²) < 4.78 is 4.82. The maximum Gasteiger partial charge on any atom is 0.166 e. The zero-order valence-corrected chi connectivity index (χ0v) is 40.2. The van der Waals surface area contributed by atoms with Crippen LogP contribution >= 0.6 is 0 Å². The SMILES string of the molecule is c1ccc(-c2ccc(-c3nc(-c4ccc(-c5ccccc5)cc4)nc(-c4ccccc4-n4c5cc(-c6ccccc6)ccc5c5c(-c6cccc7c6c6ccccc6n7-c6ccccc6)cccc54)n3)cc2)cc1. The Hall–Kier alpha value is -9.97. The Kier molecular flexibility index (Phi) is 10.4. The van der Waals surface area contributed by atoms with Gasteiger partial charge in [-0.3, -0.25) is 0 Å². The number of rotatable bonds is 9. The van der Waals surface area contributed by atoms with Crippen LogP contribution in [0.25, 0.3) is 134 Å². The van der Waals surface area contributed by atoms with Crippen molar-refractivity contribution in [1.29, 1.82) is 0 Å². The molecule has 0 aliphatic rings. The summed E-state index contributed by atoms with van der Waals surface area (Å²) in [7, 11) is 0. The maximum atomic E-state index is 5.38. The van der Waals surface area contributed by atoms with Crippen LogP contribution in [0.3, 0.4) is 0 Å². The van der Waals surface area contributed by atoms with Crippen molar-refractivity contribution < 1.29 is 0 Å². The number of nitrogens with zero attached hydrogens (tertiary/aromatic N) is 5. The smallest absolute Gasteiger partial charge is 0.166 e. The Morgan fingerprint density at radius 3 is 1.20 bits per heavy atom. The molecule has 14 aromatic rings. The highest BCUT2D eigenvalue weighted by Crippen LogP contribution is 2.45. The average Bonchev–Trinajstić information content (AvgIpc) is 4.02. The van der Waals surface area contributed by atoms with Gasteiger partial charge in [0.05, 0.1) is 27.8 Å². The first-order chi connectivity index (χ1) is 36.7. The van der Waals surface area contributed by atoms with E-state index in [1.165, 1.54) is 38.3 Å². The van der Waals surface area contributed by atoms with Crippen LogP contribution in [0.2, 0.25) is 0 Å². The van der Waals surface area contributed by atoms with Crippen molar-refractivity contribution in [3.8, 4) is 90.0 Å². The fourth-order valence-electron chi connectivity index (χ4n) is 11.0. The Balaban J connectivity index is 1.00. The lowest BCUT2D eigenvalue weighted by Gasteiger charge is -2.15. The van der Waals surface area contributed by atoms with E-state index in [4.69, 9.17) is 15.0 Å². The van der Waals surface area contributed by atoms with E-state index >= 15 is 0 Å². The highest BCUT2D eigenvalue weighted by Gasteiger charge is 2.24. The molecule has 346 valence electrons. The molecule has 0 saturated carbocycles. The van der Waals surface area contributed by atoms with Crippen LogP contribution in [0, 0.1) is 0 Å². The fraction of sp³-hybridized carbons (Fsp3) is 0. The lowest BCUT2D eigenvalue weighted by atomic mass is 9.95.